The third kappa shape index (κ3) is 3.52. The van der Waals surface area contributed by atoms with Crippen molar-refractivity contribution in [3.8, 4) is 0 Å². The Labute approximate surface area is 157 Å². The molecule has 1 N–H and O–H groups in total. The zero-order valence-corrected chi connectivity index (χ0v) is 15.4. The van der Waals surface area contributed by atoms with E-state index in [4.69, 9.17) is 0 Å². The van der Waals surface area contributed by atoms with Crippen molar-refractivity contribution in [1.29, 1.82) is 0 Å². The molecule has 0 saturated heterocycles. The lowest BCUT2D eigenvalue weighted by molar-refractivity contribution is 0.102. The number of nitrogens with zero attached hydrogens (tertiary/aromatic N) is 4. The van der Waals surface area contributed by atoms with E-state index in [1.54, 1.807) is 6.20 Å². The molecule has 27 heavy (non-hydrogen) atoms. The molecule has 2 aromatic carbocycles. The number of benzene rings is 2. The Bertz CT molecular complexity index is 1120. The summed E-state index contributed by atoms with van der Waals surface area (Å²) >= 11 is 0. The predicted molar refractivity (Wildman–Crippen MR) is 108 cm³/mol. The summed E-state index contributed by atoms with van der Waals surface area (Å²) in [6.45, 7) is 1.65. The molecule has 0 spiro atoms. The van der Waals surface area contributed by atoms with Crippen LogP contribution in [0.1, 0.15) is 10.4 Å². The zero-order chi connectivity index (χ0) is 18.8. The average molecular weight is 359 g/mol. The molecule has 6 heteroatoms. The maximum absolute atomic E-state index is 12.9. The Morgan fingerprint density at radius 2 is 1.93 bits per heavy atom. The van der Waals surface area contributed by atoms with Gasteiger partial charge in [-0.05, 0) is 37.0 Å². The predicted octanol–water partition coefficient (Wildman–Crippen LogP) is 3.40. The topological polar surface area (TPSA) is 63.0 Å². The van der Waals surface area contributed by atoms with Crippen molar-refractivity contribution in [1.82, 2.24) is 19.7 Å². The number of hydrogen-bond acceptors (Lipinski definition) is 4. The number of anilines is 1. The van der Waals surface area contributed by atoms with Gasteiger partial charge in [-0.25, -0.2) is 0 Å². The van der Waals surface area contributed by atoms with E-state index in [-0.39, 0.29) is 5.91 Å². The van der Waals surface area contributed by atoms with Crippen LogP contribution in [-0.2, 0) is 6.54 Å². The fourth-order valence-electron chi connectivity index (χ4n) is 3.14. The van der Waals surface area contributed by atoms with E-state index < -0.39 is 0 Å². The second kappa shape index (κ2) is 7.17. The van der Waals surface area contributed by atoms with Crippen LogP contribution < -0.4 is 5.32 Å². The zero-order valence-electron chi connectivity index (χ0n) is 15.4. The molecule has 2 heterocycles. The number of amides is 1. The van der Waals surface area contributed by atoms with Crippen molar-refractivity contribution < 1.29 is 4.79 Å². The molecule has 0 radical (unpaired) electrons. The fraction of sp³-hybridized carbons (Fsp3) is 0.190. The van der Waals surface area contributed by atoms with Crippen molar-refractivity contribution in [3.05, 3.63) is 66.5 Å². The van der Waals surface area contributed by atoms with Crippen molar-refractivity contribution >= 4 is 33.4 Å². The number of rotatable bonds is 5. The van der Waals surface area contributed by atoms with Gasteiger partial charge in [0.15, 0.2) is 5.82 Å². The van der Waals surface area contributed by atoms with Crippen molar-refractivity contribution in [2.45, 2.75) is 6.54 Å². The van der Waals surface area contributed by atoms with Gasteiger partial charge in [0.2, 0.25) is 0 Å². The highest BCUT2D eigenvalue weighted by Gasteiger charge is 2.15. The van der Waals surface area contributed by atoms with Gasteiger partial charge in [-0.3, -0.25) is 14.5 Å². The molecule has 0 saturated carbocycles. The SMILES string of the molecule is CN(C)CCn1ccc(NC(=O)c2cc3ccccc3c3cccnc23)n1. The summed E-state index contributed by atoms with van der Waals surface area (Å²) in [5.74, 6) is 0.332. The molecule has 0 bridgehead atoms. The Hall–Kier alpha value is -3.25. The standard InChI is InChI=1S/C21H21N5O/c1-25(2)12-13-26-11-9-19(24-26)23-21(27)18-14-15-6-3-4-7-16(15)17-8-5-10-22-20(17)18/h3-11,14H,12-13H2,1-2H3,(H,23,24,27). The minimum absolute atomic E-state index is 0.206. The summed E-state index contributed by atoms with van der Waals surface area (Å²) in [5.41, 5.74) is 1.24. The molecule has 0 fully saturated rings. The number of likely N-dealkylation sites (N-methyl/N-ethyl adjacent to an activating group) is 1. The third-order valence-corrected chi connectivity index (χ3v) is 4.52. The molecule has 6 nitrogen and oxygen atoms in total. The van der Waals surface area contributed by atoms with Gasteiger partial charge >= 0.3 is 0 Å². The summed E-state index contributed by atoms with van der Waals surface area (Å²) in [7, 11) is 4.04. The summed E-state index contributed by atoms with van der Waals surface area (Å²) in [6.07, 6.45) is 3.58. The van der Waals surface area contributed by atoms with E-state index in [0.29, 0.717) is 16.9 Å². The van der Waals surface area contributed by atoms with E-state index in [2.05, 4.69) is 20.3 Å². The van der Waals surface area contributed by atoms with E-state index in [1.165, 1.54) is 0 Å². The van der Waals surface area contributed by atoms with Gasteiger partial charge in [0.1, 0.15) is 0 Å². The van der Waals surface area contributed by atoms with Crippen molar-refractivity contribution in [2.75, 3.05) is 26.0 Å². The van der Waals surface area contributed by atoms with Crippen LogP contribution in [-0.4, -0.2) is 46.2 Å². The van der Waals surface area contributed by atoms with Gasteiger partial charge in [-0.1, -0.05) is 30.3 Å². The molecule has 0 aliphatic carbocycles. The highest BCUT2D eigenvalue weighted by molar-refractivity contribution is 6.18. The molecule has 2 aromatic heterocycles. The maximum Gasteiger partial charge on any atom is 0.259 e. The first-order valence-corrected chi connectivity index (χ1v) is 8.88. The number of fused-ring (bicyclic) bond motifs is 3. The first kappa shape index (κ1) is 17.2. The van der Waals surface area contributed by atoms with Crippen LogP contribution >= 0.6 is 0 Å². The number of hydrogen-bond donors (Lipinski definition) is 1. The quantitative estimate of drug-likeness (QED) is 0.555. The molecule has 0 aliphatic rings. The van der Waals surface area contributed by atoms with Crippen LogP contribution in [0.5, 0.6) is 0 Å². The van der Waals surface area contributed by atoms with E-state index >= 15 is 0 Å². The van der Waals surface area contributed by atoms with Crippen LogP contribution in [0.25, 0.3) is 21.7 Å². The minimum atomic E-state index is -0.206. The second-order valence-electron chi connectivity index (χ2n) is 6.77. The number of carbonyl (C=O) groups excluding carboxylic acids is 1. The smallest absolute Gasteiger partial charge is 0.259 e. The largest absolute Gasteiger partial charge is 0.308 e. The lowest BCUT2D eigenvalue weighted by Crippen LogP contribution is -2.19. The highest BCUT2D eigenvalue weighted by atomic mass is 16.1. The lowest BCUT2D eigenvalue weighted by Gasteiger charge is -2.10. The summed E-state index contributed by atoms with van der Waals surface area (Å²) in [5, 5.41) is 10.4. The van der Waals surface area contributed by atoms with Gasteiger partial charge in [0.25, 0.3) is 5.91 Å². The number of pyridine rings is 1. The second-order valence-corrected chi connectivity index (χ2v) is 6.77. The van der Waals surface area contributed by atoms with E-state index in [0.717, 1.165) is 29.2 Å². The minimum Gasteiger partial charge on any atom is -0.308 e. The number of carbonyl (C=O) groups is 1. The Morgan fingerprint density at radius 3 is 2.78 bits per heavy atom. The molecule has 4 aromatic rings. The normalized spacial score (nSPS) is 11.4. The first-order valence-electron chi connectivity index (χ1n) is 8.88. The van der Waals surface area contributed by atoms with Gasteiger partial charge in [0.05, 0.1) is 17.6 Å². The summed E-state index contributed by atoms with van der Waals surface area (Å²) < 4.78 is 1.83. The van der Waals surface area contributed by atoms with Crippen molar-refractivity contribution in [2.24, 2.45) is 0 Å². The van der Waals surface area contributed by atoms with E-state index in [1.807, 2.05) is 73.5 Å². The Morgan fingerprint density at radius 1 is 1.11 bits per heavy atom. The van der Waals surface area contributed by atoms with Gasteiger partial charge < -0.3 is 10.2 Å². The molecule has 4 rings (SSSR count). The first-order chi connectivity index (χ1) is 13.1. The van der Waals surface area contributed by atoms with Gasteiger partial charge in [-0.2, -0.15) is 5.10 Å². The molecular formula is C21H21N5O. The molecule has 0 aliphatic heterocycles. The average Bonchev–Trinajstić information content (AvgIpc) is 3.13. The molecule has 0 unspecified atom stereocenters. The third-order valence-electron chi connectivity index (χ3n) is 4.52. The van der Waals surface area contributed by atoms with Crippen molar-refractivity contribution in [3.63, 3.8) is 0 Å². The lowest BCUT2D eigenvalue weighted by atomic mass is 10.0. The van der Waals surface area contributed by atoms with E-state index in [9.17, 15) is 4.79 Å². The maximum atomic E-state index is 12.9. The van der Waals surface area contributed by atoms with Crippen LogP contribution in [0, 0.1) is 0 Å². The summed E-state index contributed by atoms with van der Waals surface area (Å²) in [6, 6.07) is 15.6. The molecule has 136 valence electrons. The van der Waals surface area contributed by atoms with Crippen LogP contribution in [0.2, 0.25) is 0 Å². The number of nitrogens with one attached hydrogen (secondary N) is 1. The van der Waals surface area contributed by atoms with Crippen LogP contribution in [0.15, 0.2) is 60.9 Å². The highest BCUT2D eigenvalue weighted by Crippen LogP contribution is 2.27. The van der Waals surface area contributed by atoms with Gasteiger partial charge in [0, 0.05) is 30.4 Å². The van der Waals surface area contributed by atoms with Crippen LogP contribution in [0.3, 0.4) is 0 Å². The van der Waals surface area contributed by atoms with Crippen LogP contribution in [0.4, 0.5) is 5.82 Å². The Kier molecular flexibility index (Phi) is 4.56. The fourth-order valence-corrected chi connectivity index (χ4v) is 3.14. The Balaban J connectivity index is 1.66. The molecular weight excluding hydrogens is 338 g/mol. The monoisotopic (exact) mass is 359 g/mol. The van der Waals surface area contributed by atoms with Gasteiger partial charge in [-0.15, -0.1) is 0 Å². The molecule has 0 atom stereocenters. The molecule has 1 amide bonds. The summed E-state index contributed by atoms with van der Waals surface area (Å²) in [4.78, 5) is 19.5. The number of aromatic nitrogens is 3.